The number of carbonyl (C=O) groups excluding carboxylic acids is 1. The summed E-state index contributed by atoms with van der Waals surface area (Å²) in [6.45, 7) is 14.9. The van der Waals surface area contributed by atoms with Gasteiger partial charge in [0.25, 0.3) is 0 Å². The van der Waals surface area contributed by atoms with Gasteiger partial charge in [0.15, 0.2) is 5.78 Å². The summed E-state index contributed by atoms with van der Waals surface area (Å²) in [4.78, 5) is 12.7. The van der Waals surface area contributed by atoms with Crippen molar-refractivity contribution < 1.29 is 4.79 Å². The normalized spacial score (nSPS) is 20.0. The largest absolute Gasteiger partial charge is 0.303 e. The van der Waals surface area contributed by atoms with Crippen LogP contribution in [0.4, 0.5) is 0 Å². The van der Waals surface area contributed by atoms with Gasteiger partial charge < -0.3 is 5.32 Å². The highest BCUT2D eigenvalue weighted by Gasteiger charge is 2.35. The van der Waals surface area contributed by atoms with E-state index in [-0.39, 0.29) is 24.4 Å². The molecule has 0 bridgehead atoms. The Morgan fingerprint density at radius 1 is 1.10 bits per heavy atom. The van der Waals surface area contributed by atoms with E-state index in [1.54, 1.807) is 0 Å². The minimum Gasteiger partial charge on any atom is -0.303 e. The van der Waals surface area contributed by atoms with E-state index in [0.29, 0.717) is 11.2 Å². The summed E-state index contributed by atoms with van der Waals surface area (Å²) in [5.41, 5.74) is 0.192. The van der Waals surface area contributed by atoms with Gasteiger partial charge in [0.1, 0.15) is 0 Å². The van der Waals surface area contributed by atoms with Crippen LogP contribution in [0.25, 0.3) is 0 Å². The quantitative estimate of drug-likeness (QED) is 0.740. The molecule has 1 aliphatic carbocycles. The Kier molecular flexibility index (Phi) is 7.13. The first kappa shape index (κ1) is 20.6. The molecule has 126 valence electrons. The third kappa shape index (κ3) is 6.95. The summed E-state index contributed by atoms with van der Waals surface area (Å²) < 4.78 is 0. The van der Waals surface area contributed by atoms with Gasteiger partial charge in [-0.1, -0.05) is 48.0 Å². The van der Waals surface area contributed by atoms with Gasteiger partial charge in [0, 0.05) is 11.0 Å². The maximum absolute atomic E-state index is 12.7. The van der Waals surface area contributed by atoms with Gasteiger partial charge in [-0.2, -0.15) is 0 Å². The van der Waals surface area contributed by atoms with Crippen LogP contribution in [0.15, 0.2) is 0 Å². The fourth-order valence-corrected chi connectivity index (χ4v) is 3.29. The number of Topliss-reactive ketones (excluding diaryl/α,β-unsaturated/α-hetero) is 1. The Hall–Kier alpha value is -0.370. The SMILES string of the molecule is C.CC1(CCC(NC(C)(C)C)C(=O)C(C)(C)C)CCCC1. The summed E-state index contributed by atoms with van der Waals surface area (Å²) in [7, 11) is 0. The van der Waals surface area contributed by atoms with Crippen LogP contribution in [0.3, 0.4) is 0 Å². The van der Waals surface area contributed by atoms with E-state index in [2.05, 4.69) is 33.0 Å². The highest BCUT2D eigenvalue weighted by molar-refractivity contribution is 5.88. The van der Waals surface area contributed by atoms with Crippen molar-refractivity contribution in [3.8, 4) is 0 Å². The molecule has 0 aliphatic heterocycles. The Labute approximate surface area is 133 Å². The predicted molar refractivity (Wildman–Crippen MR) is 93.7 cm³/mol. The van der Waals surface area contributed by atoms with Gasteiger partial charge in [-0.05, 0) is 51.9 Å². The van der Waals surface area contributed by atoms with Gasteiger partial charge in [-0.25, -0.2) is 0 Å². The van der Waals surface area contributed by atoms with Crippen LogP contribution >= 0.6 is 0 Å². The zero-order valence-corrected chi connectivity index (χ0v) is 14.7. The highest BCUT2D eigenvalue weighted by atomic mass is 16.1. The molecule has 0 aromatic carbocycles. The molecule has 0 aromatic heterocycles. The number of carbonyl (C=O) groups is 1. The Morgan fingerprint density at radius 2 is 1.57 bits per heavy atom. The van der Waals surface area contributed by atoms with Gasteiger partial charge in [0.05, 0.1) is 6.04 Å². The highest BCUT2D eigenvalue weighted by Crippen LogP contribution is 2.42. The number of rotatable bonds is 5. The minimum absolute atomic E-state index is 0. The van der Waals surface area contributed by atoms with Crippen molar-refractivity contribution in [1.82, 2.24) is 5.32 Å². The van der Waals surface area contributed by atoms with Crippen molar-refractivity contribution in [2.75, 3.05) is 0 Å². The molecule has 0 saturated heterocycles. The topological polar surface area (TPSA) is 29.1 Å². The Bertz CT molecular complexity index is 326. The maximum Gasteiger partial charge on any atom is 0.155 e. The summed E-state index contributed by atoms with van der Waals surface area (Å²) in [6.07, 6.45) is 7.53. The molecule has 1 fully saturated rings. The second-order valence-corrected chi connectivity index (χ2v) is 9.12. The van der Waals surface area contributed by atoms with E-state index in [9.17, 15) is 4.79 Å². The molecular weight excluding hydrogens is 258 g/mol. The third-order valence-corrected chi connectivity index (χ3v) is 4.51. The molecule has 1 N–H and O–H groups in total. The van der Waals surface area contributed by atoms with E-state index in [4.69, 9.17) is 0 Å². The van der Waals surface area contributed by atoms with Crippen LogP contribution in [0.2, 0.25) is 0 Å². The molecule has 1 unspecified atom stereocenters. The molecule has 1 aliphatic rings. The summed E-state index contributed by atoms with van der Waals surface area (Å²) in [6, 6.07) is -0.00701. The summed E-state index contributed by atoms with van der Waals surface area (Å²) in [5.74, 6) is 0.356. The number of nitrogens with one attached hydrogen (secondary N) is 1. The molecule has 2 nitrogen and oxygen atoms in total. The van der Waals surface area contributed by atoms with Crippen LogP contribution < -0.4 is 5.32 Å². The van der Waals surface area contributed by atoms with Crippen LogP contribution in [0.1, 0.15) is 94.4 Å². The van der Waals surface area contributed by atoms with E-state index < -0.39 is 0 Å². The average Bonchev–Trinajstić information content (AvgIpc) is 2.68. The number of hydrogen-bond acceptors (Lipinski definition) is 2. The zero-order valence-electron chi connectivity index (χ0n) is 14.7. The molecule has 0 radical (unpaired) electrons. The van der Waals surface area contributed by atoms with Gasteiger partial charge in [0.2, 0.25) is 0 Å². The maximum atomic E-state index is 12.7. The molecule has 0 aromatic rings. The number of ketones is 1. The van der Waals surface area contributed by atoms with Gasteiger partial charge in [-0.15, -0.1) is 0 Å². The van der Waals surface area contributed by atoms with Crippen molar-refractivity contribution in [3.05, 3.63) is 0 Å². The lowest BCUT2D eigenvalue weighted by Gasteiger charge is -2.34. The van der Waals surface area contributed by atoms with Crippen molar-refractivity contribution in [2.45, 2.75) is 106 Å². The monoisotopic (exact) mass is 297 g/mol. The second-order valence-electron chi connectivity index (χ2n) is 9.12. The van der Waals surface area contributed by atoms with Crippen molar-refractivity contribution in [1.29, 1.82) is 0 Å². The molecule has 0 amide bonds. The van der Waals surface area contributed by atoms with Gasteiger partial charge >= 0.3 is 0 Å². The molecule has 1 rings (SSSR count). The van der Waals surface area contributed by atoms with Crippen molar-refractivity contribution in [2.24, 2.45) is 10.8 Å². The first-order valence-electron chi connectivity index (χ1n) is 8.25. The fourth-order valence-electron chi connectivity index (χ4n) is 3.29. The molecule has 21 heavy (non-hydrogen) atoms. The Morgan fingerprint density at radius 3 is 1.95 bits per heavy atom. The molecule has 1 saturated carbocycles. The zero-order chi connectivity index (χ0) is 15.6. The van der Waals surface area contributed by atoms with Crippen LogP contribution in [0, 0.1) is 10.8 Å². The summed E-state index contributed by atoms with van der Waals surface area (Å²) in [5, 5.41) is 3.55. The number of hydrogen-bond donors (Lipinski definition) is 1. The molecule has 1 atom stereocenters. The average molecular weight is 298 g/mol. The van der Waals surface area contributed by atoms with E-state index in [1.165, 1.54) is 32.1 Å². The van der Waals surface area contributed by atoms with Crippen LogP contribution in [-0.2, 0) is 4.79 Å². The molecule has 0 spiro atoms. The standard InChI is InChI=1S/C18H35NO.CH4/c1-16(2,3)15(20)14(19-17(4,5)6)10-13-18(7)11-8-9-12-18;/h14,19H,8-13H2,1-7H3;1H4. The van der Waals surface area contributed by atoms with Gasteiger partial charge in [-0.3, -0.25) is 4.79 Å². The van der Waals surface area contributed by atoms with E-state index in [1.807, 2.05) is 20.8 Å². The predicted octanol–water partition coefficient (Wildman–Crippen LogP) is 5.35. The second kappa shape index (κ2) is 7.26. The first-order chi connectivity index (χ1) is 8.93. The lowest BCUT2D eigenvalue weighted by Crippen LogP contribution is -2.51. The smallest absolute Gasteiger partial charge is 0.155 e. The molecule has 0 heterocycles. The van der Waals surface area contributed by atoms with Crippen LogP contribution in [0.5, 0.6) is 0 Å². The van der Waals surface area contributed by atoms with Crippen LogP contribution in [-0.4, -0.2) is 17.4 Å². The lowest BCUT2D eigenvalue weighted by molar-refractivity contribution is -0.129. The fraction of sp³-hybridized carbons (Fsp3) is 0.947. The van der Waals surface area contributed by atoms with E-state index >= 15 is 0 Å². The molecular formula is C19H39NO. The first-order valence-corrected chi connectivity index (χ1v) is 8.25. The molecule has 2 heteroatoms. The lowest BCUT2D eigenvalue weighted by atomic mass is 9.78. The van der Waals surface area contributed by atoms with Crippen molar-refractivity contribution >= 4 is 5.78 Å². The van der Waals surface area contributed by atoms with E-state index in [0.717, 1.165) is 6.42 Å². The third-order valence-electron chi connectivity index (χ3n) is 4.51. The minimum atomic E-state index is -0.264. The van der Waals surface area contributed by atoms with Crippen molar-refractivity contribution in [3.63, 3.8) is 0 Å². The summed E-state index contributed by atoms with van der Waals surface area (Å²) >= 11 is 0. The Balaban J connectivity index is 0.00000400.